The van der Waals surface area contributed by atoms with Crippen molar-refractivity contribution >= 4 is 23.2 Å². The molecule has 1 aliphatic heterocycles. The van der Waals surface area contributed by atoms with E-state index in [1.54, 1.807) is 0 Å². The van der Waals surface area contributed by atoms with Crippen LogP contribution in [0.4, 0.5) is 5.69 Å². The molecule has 1 amide bonds. The number of amides is 1. The average Bonchev–Trinajstić information content (AvgIpc) is 2.61. The van der Waals surface area contributed by atoms with Gasteiger partial charge in [0.25, 0.3) is 0 Å². The van der Waals surface area contributed by atoms with Crippen LogP contribution in [-0.2, 0) is 11.2 Å². The Hall–Kier alpha value is -1.26. The summed E-state index contributed by atoms with van der Waals surface area (Å²) in [4.78, 5) is 14.3. The summed E-state index contributed by atoms with van der Waals surface area (Å²) in [6.45, 7) is 8.12. The van der Waals surface area contributed by atoms with Crippen LogP contribution < -0.4 is 10.6 Å². The maximum Gasteiger partial charge on any atom is 0.241 e. The van der Waals surface area contributed by atoms with Gasteiger partial charge in [0.15, 0.2) is 0 Å². The number of benzene rings is 1. The SMILES string of the molecule is CC.CCCc1cc(Cl)cc(NCC(=O)N2CCCC(NC)C2)c1. The number of halogens is 1. The van der Waals surface area contributed by atoms with Gasteiger partial charge in [0.1, 0.15) is 0 Å². The molecule has 1 saturated heterocycles. The van der Waals surface area contributed by atoms with Crippen LogP contribution in [0.25, 0.3) is 0 Å². The molecule has 0 aliphatic carbocycles. The number of hydrogen-bond acceptors (Lipinski definition) is 3. The molecule has 1 heterocycles. The van der Waals surface area contributed by atoms with E-state index in [2.05, 4.69) is 23.6 Å². The maximum atomic E-state index is 12.3. The molecule has 5 heteroatoms. The van der Waals surface area contributed by atoms with Crippen molar-refractivity contribution in [3.63, 3.8) is 0 Å². The minimum absolute atomic E-state index is 0.150. The predicted molar refractivity (Wildman–Crippen MR) is 104 cm³/mol. The number of hydrogen-bond donors (Lipinski definition) is 2. The smallest absolute Gasteiger partial charge is 0.241 e. The molecule has 0 bridgehead atoms. The van der Waals surface area contributed by atoms with Crippen molar-refractivity contribution in [2.75, 3.05) is 32.0 Å². The second-order valence-corrected chi connectivity index (χ2v) is 6.36. The summed E-state index contributed by atoms with van der Waals surface area (Å²) >= 11 is 6.14. The van der Waals surface area contributed by atoms with E-state index in [0.717, 1.165) is 44.5 Å². The van der Waals surface area contributed by atoms with Gasteiger partial charge >= 0.3 is 0 Å². The standard InChI is InChI=1S/C17H26ClN3O.C2H6/c1-3-5-13-8-14(18)10-16(9-13)20-11-17(22)21-7-4-6-15(12-21)19-2;1-2/h8-10,15,19-20H,3-7,11-12H2,1-2H3;1-2H3. The Bertz CT molecular complexity index is 507. The lowest BCUT2D eigenvalue weighted by Crippen LogP contribution is -2.48. The number of aryl methyl sites for hydroxylation is 1. The summed E-state index contributed by atoms with van der Waals surface area (Å²) in [5.41, 5.74) is 2.13. The average molecular weight is 354 g/mol. The fourth-order valence-electron chi connectivity index (χ4n) is 2.91. The van der Waals surface area contributed by atoms with Crippen molar-refractivity contribution < 1.29 is 4.79 Å². The van der Waals surface area contributed by atoms with Gasteiger partial charge in [-0.15, -0.1) is 0 Å². The lowest BCUT2D eigenvalue weighted by atomic mass is 10.1. The van der Waals surface area contributed by atoms with Gasteiger partial charge in [-0.25, -0.2) is 0 Å². The van der Waals surface area contributed by atoms with E-state index < -0.39 is 0 Å². The summed E-state index contributed by atoms with van der Waals surface area (Å²) in [5, 5.41) is 7.19. The number of rotatable bonds is 6. The van der Waals surface area contributed by atoms with Crippen molar-refractivity contribution in [1.82, 2.24) is 10.2 Å². The van der Waals surface area contributed by atoms with Crippen LogP contribution in [0.1, 0.15) is 45.6 Å². The number of nitrogens with zero attached hydrogens (tertiary/aromatic N) is 1. The van der Waals surface area contributed by atoms with Crippen LogP contribution in [0.5, 0.6) is 0 Å². The fraction of sp³-hybridized carbons (Fsp3) is 0.632. The van der Waals surface area contributed by atoms with Gasteiger partial charge in [0, 0.05) is 29.8 Å². The zero-order chi connectivity index (χ0) is 17.9. The zero-order valence-corrected chi connectivity index (χ0v) is 16.2. The minimum atomic E-state index is 0.150. The predicted octanol–water partition coefficient (Wildman–Crippen LogP) is 3.94. The molecule has 4 nitrogen and oxygen atoms in total. The van der Waals surface area contributed by atoms with E-state index in [4.69, 9.17) is 11.6 Å². The normalized spacial score (nSPS) is 17.0. The van der Waals surface area contributed by atoms with Gasteiger partial charge in [0.05, 0.1) is 6.54 Å². The topological polar surface area (TPSA) is 44.4 Å². The lowest BCUT2D eigenvalue weighted by molar-refractivity contribution is -0.130. The highest BCUT2D eigenvalue weighted by atomic mass is 35.5. The molecule has 1 unspecified atom stereocenters. The summed E-state index contributed by atoms with van der Waals surface area (Å²) in [6, 6.07) is 6.36. The number of likely N-dealkylation sites (N-methyl/N-ethyl adjacent to an activating group) is 1. The quantitative estimate of drug-likeness (QED) is 0.814. The van der Waals surface area contributed by atoms with Crippen molar-refractivity contribution in [3.8, 4) is 0 Å². The summed E-state index contributed by atoms with van der Waals surface area (Å²) in [7, 11) is 1.96. The Labute approximate surface area is 151 Å². The molecule has 1 atom stereocenters. The zero-order valence-electron chi connectivity index (χ0n) is 15.5. The molecule has 0 spiro atoms. The Morgan fingerprint density at radius 1 is 1.33 bits per heavy atom. The Morgan fingerprint density at radius 3 is 2.75 bits per heavy atom. The largest absolute Gasteiger partial charge is 0.376 e. The van der Waals surface area contributed by atoms with Gasteiger partial charge in [-0.2, -0.15) is 0 Å². The lowest BCUT2D eigenvalue weighted by Gasteiger charge is -2.32. The molecule has 1 aromatic carbocycles. The third kappa shape index (κ3) is 6.70. The van der Waals surface area contributed by atoms with Gasteiger partial charge in [0.2, 0.25) is 5.91 Å². The molecular weight excluding hydrogens is 322 g/mol. The number of carbonyl (C=O) groups excluding carboxylic acids is 1. The summed E-state index contributed by atoms with van der Waals surface area (Å²) in [6.07, 6.45) is 4.29. The van der Waals surface area contributed by atoms with Crippen LogP contribution in [0, 0.1) is 0 Å². The van der Waals surface area contributed by atoms with E-state index in [9.17, 15) is 4.79 Å². The number of nitrogens with one attached hydrogen (secondary N) is 2. The van der Waals surface area contributed by atoms with Crippen molar-refractivity contribution in [3.05, 3.63) is 28.8 Å². The second-order valence-electron chi connectivity index (χ2n) is 5.92. The molecule has 0 aromatic heterocycles. The van der Waals surface area contributed by atoms with Gasteiger partial charge < -0.3 is 15.5 Å². The fourth-order valence-corrected chi connectivity index (χ4v) is 3.17. The molecular formula is C19H32ClN3O. The highest BCUT2D eigenvalue weighted by Crippen LogP contribution is 2.20. The molecule has 0 saturated carbocycles. The van der Waals surface area contributed by atoms with Crippen LogP contribution in [0.2, 0.25) is 5.02 Å². The highest BCUT2D eigenvalue weighted by molar-refractivity contribution is 6.30. The van der Waals surface area contributed by atoms with Crippen LogP contribution in [-0.4, -0.2) is 43.5 Å². The van der Waals surface area contributed by atoms with Gasteiger partial charge in [-0.1, -0.05) is 38.8 Å². The van der Waals surface area contributed by atoms with Crippen LogP contribution in [0.15, 0.2) is 18.2 Å². The van der Waals surface area contributed by atoms with Gasteiger partial charge in [-0.05, 0) is 50.1 Å². The molecule has 1 aliphatic rings. The molecule has 1 aromatic rings. The Morgan fingerprint density at radius 2 is 2.08 bits per heavy atom. The second kappa shape index (κ2) is 11.3. The first kappa shape index (κ1) is 20.8. The van der Waals surface area contributed by atoms with Crippen molar-refractivity contribution in [2.24, 2.45) is 0 Å². The van der Waals surface area contributed by atoms with E-state index in [1.807, 2.05) is 37.9 Å². The maximum absolute atomic E-state index is 12.3. The minimum Gasteiger partial charge on any atom is -0.376 e. The van der Waals surface area contributed by atoms with E-state index in [0.29, 0.717) is 17.6 Å². The molecule has 24 heavy (non-hydrogen) atoms. The number of anilines is 1. The number of carbonyl (C=O) groups is 1. The number of piperidine rings is 1. The first-order chi connectivity index (χ1) is 11.6. The number of likely N-dealkylation sites (tertiary alicyclic amines) is 1. The molecule has 136 valence electrons. The Balaban J connectivity index is 0.00000139. The molecule has 1 fully saturated rings. The molecule has 2 N–H and O–H groups in total. The third-order valence-electron chi connectivity index (χ3n) is 4.12. The monoisotopic (exact) mass is 353 g/mol. The third-order valence-corrected chi connectivity index (χ3v) is 4.34. The molecule has 2 rings (SSSR count). The van der Waals surface area contributed by atoms with E-state index in [-0.39, 0.29) is 5.91 Å². The first-order valence-electron chi connectivity index (χ1n) is 9.10. The van der Waals surface area contributed by atoms with Crippen molar-refractivity contribution in [2.45, 2.75) is 52.5 Å². The summed E-state index contributed by atoms with van der Waals surface area (Å²) in [5.74, 6) is 0.150. The van der Waals surface area contributed by atoms with Gasteiger partial charge in [-0.3, -0.25) is 4.79 Å². The Kier molecular flexibility index (Phi) is 9.80. The van der Waals surface area contributed by atoms with Crippen LogP contribution >= 0.6 is 11.6 Å². The highest BCUT2D eigenvalue weighted by Gasteiger charge is 2.22. The van der Waals surface area contributed by atoms with E-state index in [1.165, 1.54) is 5.56 Å². The summed E-state index contributed by atoms with van der Waals surface area (Å²) < 4.78 is 0. The van der Waals surface area contributed by atoms with Crippen molar-refractivity contribution in [1.29, 1.82) is 0 Å². The van der Waals surface area contributed by atoms with Crippen LogP contribution in [0.3, 0.4) is 0 Å². The molecule has 0 radical (unpaired) electrons. The first-order valence-corrected chi connectivity index (χ1v) is 9.48. The van der Waals surface area contributed by atoms with E-state index >= 15 is 0 Å².